The van der Waals surface area contributed by atoms with Gasteiger partial charge in [-0.25, -0.2) is 9.78 Å². The molecule has 2 rings (SSSR count). The van der Waals surface area contributed by atoms with Crippen molar-refractivity contribution >= 4 is 17.6 Å². The number of ether oxygens (including phenoxy) is 1. The summed E-state index contributed by atoms with van der Waals surface area (Å²) >= 11 is 0. The summed E-state index contributed by atoms with van der Waals surface area (Å²) in [4.78, 5) is 26.0. The third-order valence-electron chi connectivity index (χ3n) is 2.30. The Bertz CT molecular complexity index is 588. The number of carboxylic acid groups (broad SMARTS) is 1. The lowest BCUT2D eigenvalue weighted by atomic mass is 10.3. The summed E-state index contributed by atoms with van der Waals surface area (Å²) in [6, 6.07) is 3.05. The third-order valence-corrected chi connectivity index (χ3v) is 2.30. The maximum absolute atomic E-state index is 11.1. The normalized spacial score (nSPS) is 10.4. The summed E-state index contributed by atoms with van der Waals surface area (Å²) < 4.78 is 6.10. The van der Waals surface area contributed by atoms with E-state index >= 15 is 0 Å². The maximum Gasteiger partial charge on any atom is 0.337 e. The molecule has 0 bridgehead atoms. The number of methoxy groups -OCH3 is 1. The van der Waals surface area contributed by atoms with Gasteiger partial charge in [0.25, 0.3) is 0 Å². The zero-order valence-corrected chi connectivity index (χ0v) is 9.08. The van der Waals surface area contributed by atoms with Crippen molar-refractivity contribution in [3.05, 3.63) is 35.8 Å². The average molecular weight is 234 g/mol. The van der Waals surface area contributed by atoms with E-state index in [4.69, 9.17) is 5.11 Å². The van der Waals surface area contributed by atoms with Gasteiger partial charge >= 0.3 is 11.9 Å². The SMILES string of the molecule is COC(=O)Cc1cn2cc(C(=O)O)ccc2n1. The largest absolute Gasteiger partial charge is 0.478 e. The van der Waals surface area contributed by atoms with Crippen molar-refractivity contribution in [3.8, 4) is 0 Å². The highest BCUT2D eigenvalue weighted by Crippen LogP contribution is 2.08. The third kappa shape index (κ3) is 2.25. The van der Waals surface area contributed by atoms with Gasteiger partial charge in [-0.3, -0.25) is 4.79 Å². The molecule has 6 heteroatoms. The van der Waals surface area contributed by atoms with Crippen LogP contribution in [0.25, 0.3) is 5.65 Å². The van der Waals surface area contributed by atoms with Gasteiger partial charge in [-0.05, 0) is 12.1 Å². The molecule has 1 N–H and O–H groups in total. The molecule has 0 aliphatic rings. The lowest BCUT2D eigenvalue weighted by Gasteiger charge is -1.95. The van der Waals surface area contributed by atoms with Crippen LogP contribution >= 0.6 is 0 Å². The molecule has 2 heterocycles. The minimum absolute atomic E-state index is 0.0700. The monoisotopic (exact) mass is 234 g/mol. The molecule has 0 spiro atoms. The van der Waals surface area contributed by atoms with Gasteiger partial charge in [-0.1, -0.05) is 0 Å². The Morgan fingerprint density at radius 3 is 2.82 bits per heavy atom. The lowest BCUT2D eigenvalue weighted by Crippen LogP contribution is -2.04. The van der Waals surface area contributed by atoms with Crippen molar-refractivity contribution in [3.63, 3.8) is 0 Å². The maximum atomic E-state index is 11.1. The summed E-state index contributed by atoms with van der Waals surface area (Å²) in [7, 11) is 1.31. The molecule has 0 aliphatic heterocycles. The molecule has 0 amide bonds. The smallest absolute Gasteiger partial charge is 0.337 e. The Morgan fingerprint density at radius 2 is 2.18 bits per heavy atom. The van der Waals surface area contributed by atoms with Gasteiger partial charge in [0.05, 0.1) is 24.8 Å². The highest BCUT2D eigenvalue weighted by molar-refractivity contribution is 5.87. The first-order valence-electron chi connectivity index (χ1n) is 4.88. The summed E-state index contributed by atoms with van der Waals surface area (Å²) in [5.41, 5.74) is 1.30. The van der Waals surface area contributed by atoms with E-state index in [0.717, 1.165) is 0 Å². The number of aromatic nitrogens is 2. The van der Waals surface area contributed by atoms with E-state index in [1.54, 1.807) is 16.7 Å². The first kappa shape index (κ1) is 11.1. The number of hydrogen-bond donors (Lipinski definition) is 1. The quantitative estimate of drug-likeness (QED) is 0.792. The summed E-state index contributed by atoms with van der Waals surface area (Å²) in [5, 5.41) is 8.83. The molecule has 0 unspecified atom stereocenters. The Balaban J connectivity index is 2.37. The Morgan fingerprint density at radius 1 is 1.41 bits per heavy atom. The summed E-state index contributed by atoms with van der Waals surface area (Å²) in [6.45, 7) is 0. The number of carbonyl (C=O) groups excluding carboxylic acids is 1. The van der Waals surface area contributed by atoms with Gasteiger partial charge in [-0.15, -0.1) is 0 Å². The van der Waals surface area contributed by atoms with E-state index in [2.05, 4.69) is 9.72 Å². The fourth-order valence-electron chi connectivity index (χ4n) is 1.48. The van der Waals surface area contributed by atoms with Crippen molar-refractivity contribution < 1.29 is 19.4 Å². The van der Waals surface area contributed by atoms with E-state index in [1.165, 1.54) is 19.4 Å². The highest BCUT2D eigenvalue weighted by Gasteiger charge is 2.09. The zero-order chi connectivity index (χ0) is 12.4. The van der Waals surface area contributed by atoms with Crippen molar-refractivity contribution in [2.24, 2.45) is 0 Å². The molecular weight excluding hydrogens is 224 g/mol. The standard InChI is InChI=1S/C11H10N2O4/c1-17-10(14)4-8-6-13-5-7(11(15)16)2-3-9(13)12-8/h2-3,5-6H,4H2,1H3,(H,15,16). The molecule has 88 valence electrons. The number of esters is 1. The predicted molar refractivity (Wildman–Crippen MR) is 57.9 cm³/mol. The van der Waals surface area contributed by atoms with Crippen molar-refractivity contribution in [2.45, 2.75) is 6.42 Å². The van der Waals surface area contributed by atoms with Crippen LogP contribution < -0.4 is 0 Å². The molecule has 0 saturated heterocycles. The first-order valence-corrected chi connectivity index (χ1v) is 4.88. The zero-order valence-electron chi connectivity index (χ0n) is 9.08. The number of rotatable bonds is 3. The van der Waals surface area contributed by atoms with Gasteiger partial charge in [0.1, 0.15) is 5.65 Å². The Labute approximate surface area is 96.5 Å². The van der Waals surface area contributed by atoms with Crippen LogP contribution in [0.4, 0.5) is 0 Å². The van der Waals surface area contributed by atoms with E-state index in [9.17, 15) is 9.59 Å². The molecule has 6 nitrogen and oxygen atoms in total. The van der Waals surface area contributed by atoms with Crippen molar-refractivity contribution in [1.29, 1.82) is 0 Å². The molecule has 0 atom stereocenters. The van der Waals surface area contributed by atoms with Crippen LogP contribution in [0.1, 0.15) is 16.1 Å². The second-order valence-corrected chi connectivity index (χ2v) is 3.47. The molecule has 2 aromatic heterocycles. The molecule has 2 aromatic rings. The van der Waals surface area contributed by atoms with Crippen molar-refractivity contribution in [1.82, 2.24) is 9.38 Å². The van der Waals surface area contributed by atoms with Gasteiger partial charge in [0, 0.05) is 12.4 Å². The van der Waals surface area contributed by atoms with E-state index in [0.29, 0.717) is 11.3 Å². The van der Waals surface area contributed by atoms with E-state index < -0.39 is 5.97 Å². The molecule has 0 saturated carbocycles. The van der Waals surface area contributed by atoms with Crippen LogP contribution in [0.2, 0.25) is 0 Å². The fourth-order valence-corrected chi connectivity index (χ4v) is 1.48. The molecule has 0 aromatic carbocycles. The van der Waals surface area contributed by atoms with Crippen LogP contribution in [0, 0.1) is 0 Å². The number of carbonyl (C=O) groups is 2. The first-order chi connectivity index (χ1) is 8.10. The van der Waals surface area contributed by atoms with Crippen LogP contribution in [0.3, 0.4) is 0 Å². The second kappa shape index (κ2) is 4.25. The summed E-state index contributed by atoms with van der Waals surface area (Å²) in [5.74, 6) is -1.39. The number of nitrogens with zero attached hydrogens (tertiary/aromatic N) is 2. The van der Waals surface area contributed by atoms with Gasteiger partial charge in [0.2, 0.25) is 0 Å². The Hall–Kier alpha value is -2.37. The predicted octanol–water partition coefficient (Wildman–Crippen LogP) is 0.748. The number of imidazole rings is 1. The van der Waals surface area contributed by atoms with Crippen LogP contribution in [-0.4, -0.2) is 33.5 Å². The molecule has 0 fully saturated rings. The van der Waals surface area contributed by atoms with E-state index in [1.807, 2.05) is 0 Å². The second-order valence-electron chi connectivity index (χ2n) is 3.47. The average Bonchev–Trinajstić information content (AvgIpc) is 2.69. The fraction of sp³-hybridized carbons (Fsp3) is 0.182. The van der Waals surface area contributed by atoms with Crippen LogP contribution in [0.5, 0.6) is 0 Å². The number of aromatic carboxylic acids is 1. The lowest BCUT2D eigenvalue weighted by molar-refractivity contribution is -0.139. The van der Waals surface area contributed by atoms with Crippen LogP contribution in [0.15, 0.2) is 24.5 Å². The van der Waals surface area contributed by atoms with Gasteiger partial charge in [-0.2, -0.15) is 0 Å². The van der Waals surface area contributed by atoms with Gasteiger partial charge < -0.3 is 14.2 Å². The molecular formula is C11H10N2O4. The highest BCUT2D eigenvalue weighted by atomic mass is 16.5. The number of pyridine rings is 1. The van der Waals surface area contributed by atoms with E-state index in [-0.39, 0.29) is 18.0 Å². The Kier molecular flexibility index (Phi) is 2.78. The number of hydrogen-bond acceptors (Lipinski definition) is 4. The number of fused-ring (bicyclic) bond motifs is 1. The van der Waals surface area contributed by atoms with Crippen molar-refractivity contribution in [2.75, 3.05) is 7.11 Å². The molecule has 0 radical (unpaired) electrons. The summed E-state index contributed by atoms with van der Waals surface area (Å²) in [6.07, 6.45) is 3.13. The van der Waals surface area contributed by atoms with Crippen LogP contribution in [-0.2, 0) is 16.0 Å². The molecule has 17 heavy (non-hydrogen) atoms. The number of carboxylic acids is 1. The van der Waals surface area contributed by atoms with Gasteiger partial charge in [0.15, 0.2) is 0 Å². The minimum Gasteiger partial charge on any atom is -0.478 e. The molecule has 0 aliphatic carbocycles. The topological polar surface area (TPSA) is 80.9 Å². The minimum atomic E-state index is -1.00.